The van der Waals surface area contributed by atoms with Gasteiger partial charge in [-0.1, -0.05) is 6.92 Å². The first kappa shape index (κ1) is 18.1. The highest BCUT2D eigenvalue weighted by molar-refractivity contribution is 7.10. The van der Waals surface area contributed by atoms with Crippen molar-refractivity contribution < 1.29 is 9.47 Å². The van der Waals surface area contributed by atoms with Gasteiger partial charge in [0, 0.05) is 10.4 Å². The van der Waals surface area contributed by atoms with Crippen LogP contribution in [-0.2, 0) is 0 Å². The predicted octanol–water partition coefficient (Wildman–Crippen LogP) is 4.45. The van der Waals surface area contributed by atoms with E-state index in [9.17, 15) is 5.26 Å². The quantitative estimate of drug-likeness (QED) is 0.668. The predicted molar refractivity (Wildman–Crippen MR) is 108 cm³/mol. The van der Waals surface area contributed by atoms with Crippen LogP contribution in [-0.4, -0.2) is 16.8 Å². The van der Waals surface area contributed by atoms with Crippen molar-refractivity contribution in [1.82, 2.24) is 10.2 Å². The third kappa shape index (κ3) is 3.02. The number of hydrogen-bond acceptors (Lipinski definition) is 6. The Balaban J connectivity index is 1.81. The Morgan fingerprint density at radius 2 is 2.11 bits per heavy atom. The fourth-order valence-corrected chi connectivity index (χ4v) is 4.39. The fraction of sp³-hybridized carbons (Fsp3) is 0.238. The van der Waals surface area contributed by atoms with Crippen LogP contribution in [0.2, 0.25) is 0 Å². The lowest BCUT2D eigenvalue weighted by Gasteiger charge is -2.23. The van der Waals surface area contributed by atoms with E-state index in [4.69, 9.17) is 15.2 Å². The van der Waals surface area contributed by atoms with Gasteiger partial charge in [0.2, 0.25) is 11.8 Å². The van der Waals surface area contributed by atoms with Gasteiger partial charge in [-0.25, -0.2) is 0 Å². The number of aryl methyl sites for hydroxylation is 1. The summed E-state index contributed by atoms with van der Waals surface area (Å²) in [5, 5.41) is 19.2. The van der Waals surface area contributed by atoms with Crippen LogP contribution in [0.1, 0.15) is 35.3 Å². The van der Waals surface area contributed by atoms with Gasteiger partial charge in [-0.2, -0.15) is 5.26 Å². The Morgan fingerprint density at radius 1 is 1.32 bits per heavy atom. The van der Waals surface area contributed by atoms with E-state index in [0.29, 0.717) is 18.1 Å². The van der Waals surface area contributed by atoms with Crippen LogP contribution in [0.15, 0.2) is 47.2 Å². The van der Waals surface area contributed by atoms with Gasteiger partial charge >= 0.3 is 0 Å². The first-order valence-corrected chi connectivity index (χ1v) is 9.95. The number of fused-ring (bicyclic) bond motifs is 1. The van der Waals surface area contributed by atoms with E-state index in [1.54, 1.807) is 11.3 Å². The normalized spacial score (nSPS) is 15.7. The monoisotopic (exact) mass is 392 g/mol. The summed E-state index contributed by atoms with van der Waals surface area (Å²) in [6.45, 7) is 4.79. The van der Waals surface area contributed by atoms with E-state index in [2.05, 4.69) is 23.2 Å². The first-order valence-electron chi connectivity index (χ1n) is 9.07. The molecule has 2 aromatic heterocycles. The standard InChI is InChI=1S/C21H20N4O2S/c1-3-9-26-14-6-4-13(5-7-14)18-17-16(19-12(2)8-10-28-19)15(11-22)20(23)27-21(17)25-24-18/h4-8,10,16H,3,9,23H2,1-2H3,(H,24,25)/t16-/m0/s1. The molecule has 1 aliphatic heterocycles. The van der Waals surface area contributed by atoms with Crippen molar-refractivity contribution in [2.45, 2.75) is 26.2 Å². The second kappa shape index (κ2) is 7.41. The highest BCUT2D eigenvalue weighted by Gasteiger charge is 2.36. The Hall–Kier alpha value is -3.24. The Kier molecular flexibility index (Phi) is 4.80. The maximum absolute atomic E-state index is 9.75. The molecule has 0 unspecified atom stereocenters. The van der Waals surface area contributed by atoms with E-state index in [0.717, 1.165) is 39.4 Å². The van der Waals surface area contributed by atoms with Gasteiger partial charge in [0.05, 0.1) is 23.8 Å². The summed E-state index contributed by atoms with van der Waals surface area (Å²) >= 11 is 1.60. The van der Waals surface area contributed by atoms with E-state index in [1.165, 1.54) is 0 Å². The molecule has 3 aromatic rings. The first-order chi connectivity index (χ1) is 13.6. The Morgan fingerprint density at radius 3 is 2.75 bits per heavy atom. The second-order valence-electron chi connectivity index (χ2n) is 6.58. The molecule has 1 atom stereocenters. The highest BCUT2D eigenvalue weighted by Crippen LogP contribution is 2.47. The molecule has 3 heterocycles. The third-order valence-corrected chi connectivity index (χ3v) is 5.80. The van der Waals surface area contributed by atoms with Gasteiger partial charge in [-0.3, -0.25) is 5.10 Å². The molecule has 1 aromatic carbocycles. The number of nitriles is 1. The lowest BCUT2D eigenvalue weighted by molar-refractivity contribution is 0.317. The Labute approximate surface area is 167 Å². The van der Waals surface area contributed by atoms with Crippen LogP contribution >= 0.6 is 11.3 Å². The van der Waals surface area contributed by atoms with E-state index in [-0.39, 0.29) is 11.8 Å². The van der Waals surface area contributed by atoms with Crippen LogP contribution in [0.25, 0.3) is 11.3 Å². The number of H-pyrrole nitrogens is 1. The molecule has 4 rings (SSSR count). The van der Waals surface area contributed by atoms with Crippen molar-refractivity contribution in [3.8, 4) is 29.0 Å². The summed E-state index contributed by atoms with van der Waals surface area (Å²) in [7, 11) is 0. The number of benzene rings is 1. The topological polar surface area (TPSA) is 97.0 Å². The number of nitrogens with one attached hydrogen (secondary N) is 1. The molecule has 28 heavy (non-hydrogen) atoms. The summed E-state index contributed by atoms with van der Waals surface area (Å²) in [6.07, 6.45) is 0.958. The van der Waals surface area contributed by atoms with Gasteiger partial charge in [0.15, 0.2) is 0 Å². The zero-order valence-corrected chi connectivity index (χ0v) is 16.5. The summed E-state index contributed by atoms with van der Waals surface area (Å²) < 4.78 is 11.3. The number of thiophene rings is 1. The lowest BCUT2D eigenvalue weighted by Crippen LogP contribution is -2.20. The molecule has 7 heteroatoms. The minimum absolute atomic E-state index is 0.106. The molecule has 0 spiro atoms. The minimum Gasteiger partial charge on any atom is -0.494 e. The zero-order valence-electron chi connectivity index (χ0n) is 15.7. The second-order valence-corrected chi connectivity index (χ2v) is 7.53. The van der Waals surface area contributed by atoms with Gasteiger partial charge in [-0.05, 0) is 54.6 Å². The molecule has 142 valence electrons. The van der Waals surface area contributed by atoms with E-state index in [1.807, 2.05) is 42.6 Å². The molecule has 3 N–H and O–H groups in total. The molecule has 0 amide bonds. The van der Waals surface area contributed by atoms with Crippen molar-refractivity contribution in [1.29, 1.82) is 5.26 Å². The van der Waals surface area contributed by atoms with Crippen molar-refractivity contribution in [2.24, 2.45) is 5.73 Å². The largest absolute Gasteiger partial charge is 0.494 e. The zero-order chi connectivity index (χ0) is 19.7. The molecule has 6 nitrogen and oxygen atoms in total. The molecule has 1 aliphatic rings. The van der Waals surface area contributed by atoms with Gasteiger partial charge in [0.1, 0.15) is 17.4 Å². The van der Waals surface area contributed by atoms with Crippen molar-refractivity contribution >= 4 is 11.3 Å². The molecule has 0 aliphatic carbocycles. The molecular formula is C21H20N4O2S. The maximum atomic E-state index is 9.75. The van der Waals surface area contributed by atoms with Crippen molar-refractivity contribution in [3.63, 3.8) is 0 Å². The minimum atomic E-state index is -0.307. The summed E-state index contributed by atoms with van der Waals surface area (Å²) in [5.74, 6) is 1.03. The summed E-state index contributed by atoms with van der Waals surface area (Å²) in [6, 6.07) is 12.1. The van der Waals surface area contributed by atoms with Crippen LogP contribution < -0.4 is 15.2 Å². The molecule has 0 saturated heterocycles. The Bertz CT molecular complexity index is 1070. The van der Waals surface area contributed by atoms with Crippen LogP contribution in [0, 0.1) is 18.3 Å². The molecule has 0 radical (unpaired) electrons. The number of ether oxygens (including phenoxy) is 2. The summed E-state index contributed by atoms with van der Waals surface area (Å²) in [4.78, 5) is 1.06. The number of aromatic amines is 1. The van der Waals surface area contributed by atoms with Crippen LogP contribution in [0.3, 0.4) is 0 Å². The number of allylic oxidation sites excluding steroid dienone is 1. The van der Waals surface area contributed by atoms with Crippen molar-refractivity contribution in [2.75, 3.05) is 6.61 Å². The van der Waals surface area contributed by atoms with Gasteiger partial charge in [-0.15, -0.1) is 16.4 Å². The lowest BCUT2D eigenvalue weighted by atomic mass is 9.86. The van der Waals surface area contributed by atoms with E-state index >= 15 is 0 Å². The summed E-state index contributed by atoms with van der Waals surface area (Å²) in [5.41, 5.74) is 10.1. The maximum Gasteiger partial charge on any atom is 0.244 e. The molecular weight excluding hydrogens is 372 g/mol. The average molecular weight is 392 g/mol. The molecule has 0 saturated carbocycles. The number of rotatable bonds is 5. The number of nitrogens with two attached hydrogens (primary N) is 1. The van der Waals surface area contributed by atoms with Crippen molar-refractivity contribution in [3.05, 3.63) is 63.2 Å². The number of nitrogens with zero attached hydrogens (tertiary/aromatic N) is 2. The fourth-order valence-electron chi connectivity index (χ4n) is 3.35. The number of hydrogen-bond donors (Lipinski definition) is 2. The average Bonchev–Trinajstić information content (AvgIpc) is 3.31. The van der Waals surface area contributed by atoms with Crippen LogP contribution in [0.4, 0.5) is 0 Å². The smallest absolute Gasteiger partial charge is 0.244 e. The SMILES string of the molecule is CCCOc1ccc(-c2[nH]nc3c2[C@@H](c2sccc2C)C(C#N)=C(N)O3)cc1. The number of aromatic nitrogens is 2. The van der Waals surface area contributed by atoms with Crippen LogP contribution in [0.5, 0.6) is 11.6 Å². The highest BCUT2D eigenvalue weighted by atomic mass is 32.1. The molecule has 0 fully saturated rings. The third-order valence-electron chi connectivity index (χ3n) is 4.72. The van der Waals surface area contributed by atoms with Gasteiger partial charge in [0.25, 0.3) is 0 Å². The van der Waals surface area contributed by atoms with Gasteiger partial charge < -0.3 is 15.2 Å². The molecule has 0 bridgehead atoms. The van der Waals surface area contributed by atoms with E-state index < -0.39 is 0 Å².